The Morgan fingerprint density at radius 1 is 1.06 bits per heavy atom. The number of fused-ring (bicyclic) bond motifs is 5. The number of cyclic esters (lactones) is 1. The van der Waals surface area contributed by atoms with Crippen molar-refractivity contribution in [1.29, 1.82) is 0 Å². The molecule has 5 rings (SSSR count). The minimum atomic E-state index is -1.86. The average molecular weight is 704 g/mol. The topological polar surface area (TPSA) is 241 Å². The highest BCUT2D eigenvalue weighted by Crippen LogP contribution is 2.41. The van der Waals surface area contributed by atoms with E-state index in [0.29, 0.717) is 50.2 Å². The second-order valence-corrected chi connectivity index (χ2v) is 12.9. The quantitative estimate of drug-likeness (QED) is 0.0771. The fourth-order valence-electron chi connectivity index (χ4n) is 6.54. The Morgan fingerprint density at radius 3 is 2.57 bits per heavy atom. The zero-order valence-corrected chi connectivity index (χ0v) is 28.7. The molecule has 2 aromatic heterocycles. The van der Waals surface area contributed by atoms with E-state index in [1.807, 2.05) is 30.3 Å². The van der Waals surface area contributed by atoms with Crippen LogP contribution in [0, 0.1) is 0 Å². The fraction of sp³-hybridized carbons (Fsp3) is 0.472. The molecule has 8 N–H and O–H groups in total. The van der Waals surface area contributed by atoms with E-state index in [2.05, 4.69) is 10.6 Å². The van der Waals surface area contributed by atoms with Gasteiger partial charge in [0.15, 0.2) is 0 Å². The molecule has 2 aliphatic heterocycles. The SMILES string of the molecule is CC[C@@]1(OC(=O)CCC(=O)NCCCC[C@H](NC(=O)[C@@H](N)CCCCN)C(N)=O)C(=O)OCc2c1cc1n(c2=O)Cc2cc3ccccc3nc2-1. The molecule has 272 valence electrons. The monoisotopic (exact) mass is 703 g/mol. The molecule has 3 amide bonds. The molecule has 0 saturated heterocycles. The summed E-state index contributed by atoms with van der Waals surface area (Å²) in [4.78, 5) is 81.7. The van der Waals surface area contributed by atoms with Crippen LogP contribution >= 0.6 is 0 Å². The average Bonchev–Trinajstić information content (AvgIpc) is 3.47. The van der Waals surface area contributed by atoms with Gasteiger partial charge in [-0.25, -0.2) is 9.78 Å². The first kappa shape index (κ1) is 37.1. The van der Waals surface area contributed by atoms with E-state index < -0.39 is 47.3 Å². The van der Waals surface area contributed by atoms with Crippen LogP contribution in [0.3, 0.4) is 0 Å². The first-order valence-electron chi connectivity index (χ1n) is 17.4. The molecule has 2 aliphatic rings. The largest absolute Gasteiger partial charge is 0.457 e. The van der Waals surface area contributed by atoms with Crippen molar-refractivity contribution in [3.05, 3.63) is 63.4 Å². The highest BCUT2D eigenvalue weighted by molar-refractivity contribution is 5.90. The van der Waals surface area contributed by atoms with Crippen LogP contribution in [0.15, 0.2) is 41.2 Å². The Balaban J connectivity index is 1.15. The zero-order chi connectivity index (χ0) is 36.7. The van der Waals surface area contributed by atoms with Crippen LogP contribution in [0.1, 0.15) is 81.4 Å². The van der Waals surface area contributed by atoms with Gasteiger partial charge in [0, 0.05) is 29.5 Å². The van der Waals surface area contributed by atoms with Crippen LogP contribution in [0.4, 0.5) is 0 Å². The molecular weight excluding hydrogens is 658 g/mol. The van der Waals surface area contributed by atoms with Crippen molar-refractivity contribution in [2.24, 2.45) is 17.2 Å². The standard InChI is InChI=1S/C36H45N7O8/c1-2-36(51-30(45)14-13-29(44)40-16-8-6-12-27(32(39)46)42-33(47)25(38)10-5-7-15-37)24-18-28-31-22(17-21-9-3-4-11-26(21)41-31)19-43(28)34(48)23(24)20-50-35(36)49/h3-4,9,11,17-18,25,27H,2,5-8,10,12-16,19-20,37-38H2,1H3,(H2,39,46)(H,40,44)(H,42,47)/t25-,27-,36-/m0/s1. The van der Waals surface area contributed by atoms with Crippen molar-refractivity contribution < 1.29 is 33.4 Å². The maximum absolute atomic E-state index is 13.7. The lowest BCUT2D eigenvalue weighted by Crippen LogP contribution is -2.50. The minimum Gasteiger partial charge on any atom is -0.457 e. The Morgan fingerprint density at radius 2 is 1.82 bits per heavy atom. The van der Waals surface area contributed by atoms with E-state index in [4.69, 9.17) is 31.7 Å². The molecular formula is C36H45N7O8. The summed E-state index contributed by atoms with van der Waals surface area (Å²) in [5.74, 6) is -3.15. The van der Waals surface area contributed by atoms with Gasteiger partial charge in [0.1, 0.15) is 12.6 Å². The number of primary amides is 1. The number of hydrogen-bond donors (Lipinski definition) is 5. The van der Waals surface area contributed by atoms with Gasteiger partial charge in [-0.05, 0) is 63.3 Å². The Bertz CT molecular complexity index is 1890. The van der Waals surface area contributed by atoms with Crippen molar-refractivity contribution in [3.8, 4) is 11.4 Å². The second kappa shape index (κ2) is 16.2. The van der Waals surface area contributed by atoms with Gasteiger partial charge >= 0.3 is 11.9 Å². The number of aromatic nitrogens is 2. The summed E-state index contributed by atoms with van der Waals surface area (Å²) < 4.78 is 12.8. The number of hydrogen-bond acceptors (Lipinski definition) is 11. The van der Waals surface area contributed by atoms with Gasteiger partial charge in [-0.15, -0.1) is 0 Å². The minimum absolute atomic E-state index is 0.00461. The van der Waals surface area contributed by atoms with Crippen LogP contribution < -0.4 is 33.4 Å². The highest BCUT2D eigenvalue weighted by atomic mass is 16.6. The summed E-state index contributed by atoms with van der Waals surface area (Å²) in [7, 11) is 0. The number of amides is 3. The van der Waals surface area contributed by atoms with E-state index >= 15 is 0 Å². The number of unbranched alkanes of at least 4 members (excludes halogenated alkanes) is 2. The maximum atomic E-state index is 13.7. The molecule has 1 aromatic carbocycles. The summed E-state index contributed by atoms with van der Waals surface area (Å²) in [5.41, 5.74) is 17.9. The lowest BCUT2D eigenvalue weighted by molar-refractivity contribution is -0.189. The van der Waals surface area contributed by atoms with E-state index in [1.165, 1.54) is 0 Å². The van der Waals surface area contributed by atoms with Gasteiger partial charge in [0.2, 0.25) is 23.3 Å². The van der Waals surface area contributed by atoms with Gasteiger partial charge in [0.25, 0.3) is 5.56 Å². The Hall–Kier alpha value is -5.15. The molecule has 51 heavy (non-hydrogen) atoms. The number of nitrogens with zero attached hydrogens (tertiary/aromatic N) is 2. The fourth-order valence-corrected chi connectivity index (χ4v) is 6.54. The molecule has 15 nitrogen and oxygen atoms in total. The maximum Gasteiger partial charge on any atom is 0.355 e. The lowest BCUT2D eigenvalue weighted by Gasteiger charge is -2.35. The number of para-hydroxylation sites is 1. The summed E-state index contributed by atoms with van der Waals surface area (Å²) in [6, 6.07) is 9.65. The molecule has 0 aliphatic carbocycles. The van der Waals surface area contributed by atoms with Crippen LogP contribution in [-0.2, 0) is 52.2 Å². The first-order valence-corrected chi connectivity index (χ1v) is 17.4. The number of nitrogens with two attached hydrogens (primary N) is 3. The third-order valence-electron chi connectivity index (χ3n) is 9.44. The second-order valence-electron chi connectivity index (χ2n) is 12.9. The summed E-state index contributed by atoms with van der Waals surface area (Å²) in [5, 5.41) is 6.24. The van der Waals surface area contributed by atoms with Crippen molar-refractivity contribution in [2.75, 3.05) is 13.1 Å². The van der Waals surface area contributed by atoms with E-state index in [-0.39, 0.29) is 55.5 Å². The van der Waals surface area contributed by atoms with Gasteiger partial charge in [-0.1, -0.05) is 31.5 Å². The zero-order valence-electron chi connectivity index (χ0n) is 28.7. The molecule has 15 heteroatoms. The summed E-state index contributed by atoms with van der Waals surface area (Å²) in [6.07, 6.45) is 2.57. The molecule has 3 aromatic rings. The molecule has 0 unspecified atom stereocenters. The summed E-state index contributed by atoms with van der Waals surface area (Å²) in [6.45, 7) is 2.47. The number of carbonyl (C=O) groups excluding carboxylic acids is 5. The predicted octanol–water partition coefficient (Wildman–Crippen LogP) is 1.12. The first-order chi connectivity index (χ1) is 24.5. The van der Waals surface area contributed by atoms with E-state index in [9.17, 15) is 28.8 Å². The molecule has 0 saturated carbocycles. The predicted molar refractivity (Wildman–Crippen MR) is 186 cm³/mol. The number of ether oxygens (including phenoxy) is 2. The van der Waals surface area contributed by atoms with Crippen molar-refractivity contribution in [1.82, 2.24) is 20.2 Å². The number of benzene rings is 1. The van der Waals surface area contributed by atoms with Gasteiger partial charge in [-0.3, -0.25) is 24.0 Å². The van der Waals surface area contributed by atoms with Gasteiger partial charge in [-0.2, -0.15) is 0 Å². The van der Waals surface area contributed by atoms with Crippen LogP contribution in [-0.4, -0.2) is 64.4 Å². The Kier molecular flexibility index (Phi) is 11.8. The lowest BCUT2D eigenvalue weighted by atomic mass is 9.85. The van der Waals surface area contributed by atoms with Crippen molar-refractivity contribution in [2.45, 2.75) is 95.5 Å². The van der Waals surface area contributed by atoms with Gasteiger partial charge < -0.3 is 41.9 Å². The molecule has 0 bridgehead atoms. The highest BCUT2D eigenvalue weighted by Gasteiger charge is 2.50. The number of nitrogens with one attached hydrogen (secondary N) is 2. The number of esters is 2. The van der Waals surface area contributed by atoms with E-state index in [1.54, 1.807) is 17.6 Å². The van der Waals surface area contributed by atoms with Crippen LogP contribution in [0.2, 0.25) is 0 Å². The Labute approximate surface area is 294 Å². The molecule has 4 heterocycles. The van der Waals surface area contributed by atoms with Crippen LogP contribution in [0.5, 0.6) is 0 Å². The smallest absolute Gasteiger partial charge is 0.355 e. The number of carbonyl (C=O) groups is 5. The van der Waals surface area contributed by atoms with Crippen molar-refractivity contribution in [3.63, 3.8) is 0 Å². The summed E-state index contributed by atoms with van der Waals surface area (Å²) >= 11 is 0. The molecule has 0 fully saturated rings. The van der Waals surface area contributed by atoms with E-state index in [0.717, 1.165) is 22.9 Å². The third-order valence-corrected chi connectivity index (χ3v) is 9.44. The number of pyridine rings is 2. The van der Waals surface area contributed by atoms with Gasteiger partial charge in [0.05, 0.1) is 41.5 Å². The molecule has 0 spiro atoms. The van der Waals surface area contributed by atoms with Crippen LogP contribution in [0.25, 0.3) is 22.3 Å². The van der Waals surface area contributed by atoms with Crippen molar-refractivity contribution >= 4 is 40.6 Å². The molecule has 3 atom stereocenters. The number of rotatable bonds is 17. The molecule has 0 radical (unpaired) electrons. The third kappa shape index (κ3) is 8.10. The normalized spacial score (nSPS) is 17.0.